The summed E-state index contributed by atoms with van der Waals surface area (Å²) in [6, 6.07) is 0. The normalized spacial score (nSPS) is 45.8. The van der Waals surface area contributed by atoms with Crippen LogP contribution in [0.3, 0.4) is 0 Å². The second kappa shape index (κ2) is 5.15. The van der Waals surface area contributed by atoms with Crippen LogP contribution in [0.15, 0.2) is 0 Å². The highest BCUT2D eigenvalue weighted by atomic mass is 16.9. The van der Waals surface area contributed by atoms with Crippen molar-refractivity contribution in [2.45, 2.75) is 100 Å². The van der Waals surface area contributed by atoms with Crippen LogP contribution < -0.4 is 0 Å². The van der Waals surface area contributed by atoms with Gasteiger partial charge in [-0.1, -0.05) is 12.8 Å². The average molecular weight is 310 g/mol. The summed E-state index contributed by atoms with van der Waals surface area (Å²) in [5.74, 6) is -0.800. The Morgan fingerprint density at radius 3 is 1.86 bits per heavy atom. The molecule has 0 radical (unpaired) electrons. The van der Waals surface area contributed by atoms with E-state index in [1.54, 1.807) is 0 Å². The largest absolute Gasteiger partial charge is 0.347 e. The Morgan fingerprint density at radius 1 is 0.591 bits per heavy atom. The van der Waals surface area contributed by atoms with E-state index < -0.39 is 5.79 Å². The topological polar surface area (TPSA) is 46.2 Å². The van der Waals surface area contributed by atoms with Crippen molar-refractivity contribution in [2.24, 2.45) is 0 Å². The van der Waals surface area contributed by atoms with Gasteiger partial charge in [0, 0.05) is 25.7 Å². The summed E-state index contributed by atoms with van der Waals surface area (Å²) < 4.78 is 31.2. The van der Waals surface area contributed by atoms with Gasteiger partial charge in [0.15, 0.2) is 17.9 Å². The van der Waals surface area contributed by atoms with Gasteiger partial charge in [-0.05, 0) is 25.7 Å². The molecule has 5 aliphatic rings. The number of fused-ring (bicyclic) bond motifs is 3. The van der Waals surface area contributed by atoms with Crippen LogP contribution in [0.5, 0.6) is 0 Å². The van der Waals surface area contributed by atoms with E-state index in [9.17, 15) is 0 Å². The fraction of sp³-hybridized carbons (Fsp3) is 1.00. The summed E-state index contributed by atoms with van der Waals surface area (Å²) in [6.07, 6.45) is 10.8. The zero-order valence-electron chi connectivity index (χ0n) is 13.1. The zero-order valence-corrected chi connectivity index (χ0v) is 13.1. The third-order valence-electron chi connectivity index (χ3n) is 6.01. The molecule has 0 bridgehead atoms. The minimum atomic E-state index is -0.422. The van der Waals surface area contributed by atoms with Crippen molar-refractivity contribution in [1.82, 2.24) is 0 Å². The molecule has 0 aromatic carbocycles. The predicted octanol–water partition coefficient (Wildman–Crippen LogP) is 2.86. The lowest BCUT2D eigenvalue weighted by molar-refractivity contribution is -0.234. The van der Waals surface area contributed by atoms with Crippen LogP contribution in [0.25, 0.3) is 0 Å². The molecule has 0 aromatic rings. The second-order valence-electron chi connectivity index (χ2n) is 7.58. The van der Waals surface area contributed by atoms with Crippen LogP contribution in [0, 0.1) is 0 Å². The van der Waals surface area contributed by atoms with Gasteiger partial charge in [0.05, 0.1) is 6.61 Å². The zero-order chi connectivity index (χ0) is 14.6. The van der Waals surface area contributed by atoms with Crippen molar-refractivity contribution in [3.05, 3.63) is 0 Å². The number of hydrogen-bond donors (Lipinski definition) is 0. The van der Waals surface area contributed by atoms with Gasteiger partial charge < -0.3 is 23.7 Å². The first-order valence-corrected chi connectivity index (χ1v) is 9.11. The summed E-state index contributed by atoms with van der Waals surface area (Å²) in [6.45, 7) is 0.563. The molecule has 3 aliphatic heterocycles. The fourth-order valence-electron chi connectivity index (χ4n) is 4.90. The van der Waals surface area contributed by atoms with Crippen LogP contribution in [0.4, 0.5) is 0 Å². The smallest absolute Gasteiger partial charge is 0.189 e. The molecule has 5 heteroatoms. The van der Waals surface area contributed by atoms with Crippen molar-refractivity contribution in [1.29, 1.82) is 0 Å². The molecular weight excluding hydrogens is 284 g/mol. The van der Waals surface area contributed by atoms with Crippen LogP contribution in [-0.2, 0) is 23.7 Å². The van der Waals surface area contributed by atoms with Gasteiger partial charge in [-0.25, -0.2) is 0 Å². The Bertz CT molecular complexity index is 387. The first-order chi connectivity index (χ1) is 10.8. The summed E-state index contributed by atoms with van der Waals surface area (Å²) in [5, 5.41) is 0. The van der Waals surface area contributed by atoms with Gasteiger partial charge >= 0.3 is 0 Å². The lowest BCUT2D eigenvalue weighted by atomic mass is 9.94. The molecule has 5 nitrogen and oxygen atoms in total. The fourth-order valence-corrected chi connectivity index (χ4v) is 4.90. The van der Waals surface area contributed by atoms with Crippen molar-refractivity contribution in [3.63, 3.8) is 0 Å². The van der Waals surface area contributed by atoms with Gasteiger partial charge in [-0.3, -0.25) is 0 Å². The highest BCUT2D eigenvalue weighted by Crippen LogP contribution is 2.49. The third kappa shape index (κ3) is 2.17. The SMILES string of the molecule is C1CCC2(CC1)O[C@H]1OC[C@H]3OC4(CCCCC4)O[C@H]3[C@@H]1O2. The van der Waals surface area contributed by atoms with E-state index in [1.807, 2.05) is 0 Å². The first kappa shape index (κ1) is 14.2. The molecule has 124 valence electrons. The lowest BCUT2D eigenvalue weighted by Gasteiger charge is -2.33. The standard InChI is InChI=1S/C17H26O5/c1-3-7-16(8-4-1)19-12-11-18-15-14(13(12)20-16)21-17(22-15)9-5-2-6-10-17/h12-15H,1-11H2/t12-,13-,14+,15-/m1/s1. The van der Waals surface area contributed by atoms with Crippen LogP contribution in [0.2, 0.25) is 0 Å². The summed E-state index contributed by atoms with van der Waals surface area (Å²) >= 11 is 0. The minimum absolute atomic E-state index is 0.00157. The molecule has 2 aliphatic carbocycles. The maximum atomic E-state index is 6.43. The van der Waals surface area contributed by atoms with Gasteiger partial charge in [0.25, 0.3) is 0 Å². The van der Waals surface area contributed by atoms with E-state index in [-0.39, 0.29) is 30.4 Å². The maximum absolute atomic E-state index is 6.43. The molecule has 4 atom stereocenters. The predicted molar refractivity (Wildman–Crippen MR) is 77.1 cm³/mol. The molecular formula is C17H26O5. The summed E-state index contributed by atoms with van der Waals surface area (Å²) in [5.41, 5.74) is 0. The van der Waals surface area contributed by atoms with E-state index in [0.717, 1.165) is 25.7 Å². The Morgan fingerprint density at radius 2 is 1.18 bits per heavy atom. The monoisotopic (exact) mass is 310 g/mol. The van der Waals surface area contributed by atoms with E-state index >= 15 is 0 Å². The Hall–Kier alpha value is -0.200. The van der Waals surface area contributed by atoms with E-state index in [4.69, 9.17) is 23.7 Å². The van der Waals surface area contributed by atoms with Crippen LogP contribution in [0.1, 0.15) is 64.2 Å². The summed E-state index contributed by atoms with van der Waals surface area (Å²) in [7, 11) is 0. The number of ether oxygens (including phenoxy) is 5. The molecule has 2 saturated carbocycles. The van der Waals surface area contributed by atoms with E-state index in [2.05, 4.69) is 0 Å². The average Bonchev–Trinajstić information content (AvgIpc) is 3.07. The van der Waals surface area contributed by atoms with Gasteiger partial charge in [0.2, 0.25) is 0 Å². The Kier molecular flexibility index (Phi) is 3.32. The third-order valence-corrected chi connectivity index (χ3v) is 6.01. The Balaban J connectivity index is 1.35. The minimum Gasteiger partial charge on any atom is -0.347 e. The quantitative estimate of drug-likeness (QED) is 0.688. The molecule has 0 N–H and O–H groups in total. The summed E-state index contributed by atoms with van der Waals surface area (Å²) in [4.78, 5) is 0. The highest BCUT2D eigenvalue weighted by molar-refractivity contribution is 4.99. The number of hydrogen-bond acceptors (Lipinski definition) is 5. The van der Waals surface area contributed by atoms with Crippen molar-refractivity contribution < 1.29 is 23.7 Å². The van der Waals surface area contributed by atoms with Gasteiger partial charge in [-0.2, -0.15) is 0 Å². The highest BCUT2D eigenvalue weighted by Gasteiger charge is 2.61. The van der Waals surface area contributed by atoms with Gasteiger partial charge in [0.1, 0.15) is 18.3 Å². The molecule has 0 unspecified atom stereocenters. The molecule has 2 spiro atoms. The van der Waals surface area contributed by atoms with Crippen molar-refractivity contribution >= 4 is 0 Å². The van der Waals surface area contributed by atoms with Crippen molar-refractivity contribution in [3.8, 4) is 0 Å². The molecule has 5 rings (SSSR count). The van der Waals surface area contributed by atoms with Crippen LogP contribution in [-0.4, -0.2) is 42.8 Å². The molecule has 5 fully saturated rings. The molecule has 0 aromatic heterocycles. The van der Waals surface area contributed by atoms with Gasteiger partial charge in [-0.15, -0.1) is 0 Å². The van der Waals surface area contributed by atoms with Crippen LogP contribution >= 0.6 is 0 Å². The molecule has 3 heterocycles. The first-order valence-electron chi connectivity index (χ1n) is 9.11. The molecule has 0 amide bonds. The second-order valence-corrected chi connectivity index (χ2v) is 7.58. The number of rotatable bonds is 0. The molecule has 3 saturated heterocycles. The Labute approximate surface area is 131 Å². The van der Waals surface area contributed by atoms with Crippen molar-refractivity contribution in [2.75, 3.05) is 6.61 Å². The lowest BCUT2D eigenvalue weighted by Crippen LogP contribution is -2.50. The maximum Gasteiger partial charge on any atom is 0.189 e. The van der Waals surface area contributed by atoms with E-state index in [1.165, 1.54) is 38.5 Å². The van der Waals surface area contributed by atoms with E-state index in [0.29, 0.717) is 6.61 Å². The molecule has 22 heavy (non-hydrogen) atoms.